The Hall–Kier alpha value is -2.78. The summed E-state index contributed by atoms with van der Waals surface area (Å²) >= 11 is 2.81. The van der Waals surface area contributed by atoms with E-state index in [1.807, 2.05) is 35.7 Å². The van der Waals surface area contributed by atoms with Crippen molar-refractivity contribution < 1.29 is 9.32 Å². The molecule has 136 valence electrons. The van der Waals surface area contributed by atoms with Crippen LogP contribution in [0.1, 0.15) is 18.5 Å². The van der Waals surface area contributed by atoms with E-state index in [9.17, 15) is 4.79 Å². The van der Waals surface area contributed by atoms with E-state index in [-0.39, 0.29) is 11.2 Å². The topological polar surface area (TPSA) is 108 Å². The second-order valence-electron chi connectivity index (χ2n) is 5.83. The Morgan fingerprint density at radius 2 is 2.15 bits per heavy atom. The average Bonchev–Trinajstić information content (AvgIpc) is 3.31. The lowest BCUT2D eigenvalue weighted by Gasteiger charge is -2.02. The van der Waals surface area contributed by atoms with Crippen LogP contribution in [-0.2, 0) is 11.2 Å². The van der Waals surface area contributed by atoms with Crippen LogP contribution in [-0.4, -0.2) is 31.3 Å². The minimum atomic E-state index is -0.358. The van der Waals surface area contributed by atoms with Gasteiger partial charge in [0, 0.05) is 22.5 Å². The Morgan fingerprint density at radius 3 is 3.00 bits per heavy atom. The zero-order chi connectivity index (χ0) is 18.8. The molecule has 7 nitrogen and oxygen atoms in total. The van der Waals surface area contributed by atoms with Gasteiger partial charge in [0.2, 0.25) is 17.6 Å². The summed E-state index contributed by atoms with van der Waals surface area (Å²) in [6.07, 6.45) is 2.16. The number of carbonyl (C=O) groups is 1. The van der Waals surface area contributed by atoms with Gasteiger partial charge < -0.3 is 10.3 Å². The number of carbonyl (C=O) groups excluding carboxylic acids is 1. The quantitative estimate of drug-likeness (QED) is 0.497. The lowest BCUT2D eigenvalue weighted by Crippen LogP contribution is -2.22. The molecule has 0 aliphatic heterocycles. The van der Waals surface area contributed by atoms with E-state index in [0.29, 0.717) is 18.1 Å². The van der Waals surface area contributed by atoms with Crippen molar-refractivity contribution in [1.82, 2.24) is 20.1 Å². The van der Waals surface area contributed by atoms with E-state index >= 15 is 0 Å². The van der Waals surface area contributed by atoms with Crippen LogP contribution in [0.4, 0.5) is 0 Å². The number of nitrogens with zero attached hydrogens (tertiary/aromatic N) is 4. The summed E-state index contributed by atoms with van der Waals surface area (Å²) in [5.74, 6) is 0.648. The van der Waals surface area contributed by atoms with Gasteiger partial charge in [-0.25, -0.2) is 4.98 Å². The van der Waals surface area contributed by atoms with E-state index < -0.39 is 0 Å². The Bertz CT molecular complexity index is 1100. The molecule has 1 aromatic carbocycles. The molecule has 0 aliphatic carbocycles. The summed E-state index contributed by atoms with van der Waals surface area (Å²) in [6, 6.07) is 9.70. The minimum Gasteiger partial charge on any atom is -0.369 e. The van der Waals surface area contributed by atoms with Gasteiger partial charge in [-0.15, -0.1) is 11.3 Å². The number of primary amides is 1. The molecule has 1 amide bonds. The SMILES string of the molecule is CC(Sc1nc(Cc2nc(-c3ccnc4ccccc34)no2)cs1)C(N)=O. The highest BCUT2D eigenvalue weighted by Crippen LogP contribution is 2.28. The van der Waals surface area contributed by atoms with Crippen LogP contribution in [0.3, 0.4) is 0 Å². The van der Waals surface area contributed by atoms with E-state index in [4.69, 9.17) is 10.3 Å². The maximum absolute atomic E-state index is 11.2. The summed E-state index contributed by atoms with van der Waals surface area (Å²) < 4.78 is 6.19. The molecule has 0 aliphatic rings. The molecular weight excluding hydrogens is 382 g/mol. The normalized spacial score (nSPS) is 12.3. The van der Waals surface area contributed by atoms with Gasteiger partial charge in [-0.05, 0) is 19.1 Å². The third-order valence-electron chi connectivity index (χ3n) is 3.90. The molecule has 4 rings (SSSR count). The molecule has 1 atom stereocenters. The van der Waals surface area contributed by atoms with Crippen molar-refractivity contribution in [3.8, 4) is 11.4 Å². The summed E-state index contributed by atoms with van der Waals surface area (Å²) in [4.78, 5) is 24.5. The van der Waals surface area contributed by atoms with Gasteiger partial charge in [-0.2, -0.15) is 4.98 Å². The van der Waals surface area contributed by atoms with Crippen molar-refractivity contribution in [3.05, 3.63) is 53.5 Å². The Morgan fingerprint density at radius 1 is 1.30 bits per heavy atom. The number of rotatable bonds is 6. The van der Waals surface area contributed by atoms with Crippen molar-refractivity contribution >= 4 is 39.9 Å². The monoisotopic (exact) mass is 397 g/mol. The van der Waals surface area contributed by atoms with E-state index in [2.05, 4.69) is 20.1 Å². The summed E-state index contributed by atoms with van der Waals surface area (Å²) in [7, 11) is 0. The summed E-state index contributed by atoms with van der Waals surface area (Å²) in [5.41, 5.74) is 7.86. The van der Waals surface area contributed by atoms with Gasteiger partial charge in [-0.1, -0.05) is 35.1 Å². The first kappa shape index (κ1) is 17.6. The number of hydrogen-bond acceptors (Lipinski definition) is 8. The molecule has 0 bridgehead atoms. The number of aromatic nitrogens is 4. The molecule has 0 spiro atoms. The van der Waals surface area contributed by atoms with Crippen molar-refractivity contribution in [1.29, 1.82) is 0 Å². The standard InChI is InChI=1S/C18H15N5O2S2/c1-10(16(19)24)27-18-21-11(9-26-18)8-15-22-17(23-25-15)13-6-7-20-14-5-3-2-4-12(13)14/h2-7,9-10H,8H2,1H3,(H2,19,24). The highest BCUT2D eigenvalue weighted by atomic mass is 32.2. The molecule has 0 saturated carbocycles. The number of nitrogens with two attached hydrogens (primary N) is 1. The van der Waals surface area contributed by atoms with Crippen LogP contribution in [0, 0.1) is 0 Å². The fourth-order valence-electron chi connectivity index (χ4n) is 2.51. The molecule has 9 heteroatoms. The smallest absolute Gasteiger partial charge is 0.233 e. The highest BCUT2D eigenvalue weighted by molar-refractivity contribution is 8.02. The van der Waals surface area contributed by atoms with Crippen LogP contribution in [0.25, 0.3) is 22.3 Å². The molecule has 0 radical (unpaired) electrons. The summed E-state index contributed by atoms with van der Waals surface area (Å²) in [5, 5.41) is 6.68. The maximum atomic E-state index is 11.2. The molecule has 2 N–H and O–H groups in total. The van der Waals surface area contributed by atoms with Crippen molar-refractivity contribution in [3.63, 3.8) is 0 Å². The maximum Gasteiger partial charge on any atom is 0.233 e. The molecular formula is C18H15N5O2S2. The Labute approximate surface area is 163 Å². The molecule has 0 saturated heterocycles. The average molecular weight is 397 g/mol. The van der Waals surface area contributed by atoms with Gasteiger partial charge in [0.25, 0.3) is 0 Å². The van der Waals surface area contributed by atoms with Crippen LogP contribution in [0.15, 0.2) is 50.8 Å². The fraction of sp³-hybridized carbons (Fsp3) is 0.167. The number of benzene rings is 1. The zero-order valence-electron chi connectivity index (χ0n) is 14.3. The zero-order valence-corrected chi connectivity index (χ0v) is 16.0. The minimum absolute atomic E-state index is 0.320. The van der Waals surface area contributed by atoms with Crippen molar-refractivity contribution in [2.75, 3.05) is 0 Å². The number of pyridine rings is 1. The Kier molecular flexibility index (Phi) is 4.87. The number of hydrogen-bond donors (Lipinski definition) is 1. The fourth-order valence-corrected chi connectivity index (χ4v) is 4.45. The third kappa shape index (κ3) is 3.83. The molecule has 3 aromatic heterocycles. The first-order chi connectivity index (χ1) is 13.1. The third-order valence-corrected chi connectivity index (χ3v) is 6.04. The molecule has 1 unspecified atom stereocenters. The number of para-hydroxylation sites is 1. The van der Waals surface area contributed by atoms with Gasteiger partial charge in [-0.3, -0.25) is 9.78 Å². The van der Waals surface area contributed by atoms with Gasteiger partial charge in [0.15, 0.2) is 4.34 Å². The number of thioether (sulfide) groups is 1. The van der Waals surface area contributed by atoms with Gasteiger partial charge >= 0.3 is 0 Å². The molecule has 3 heterocycles. The van der Waals surface area contributed by atoms with E-state index in [1.165, 1.54) is 23.1 Å². The van der Waals surface area contributed by atoms with Gasteiger partial charge in [0.05, 0.1) is 22.9 Å². The second kappa shape index (κ2) is 7.45. The first-order valence-electron chi connectivity index (χ1n) is 8.17. The Balaban J connectivity index is 1.53. The van der Waals surface area contributed by atoms with Crippen molar-refractivity contribution in [2.24, 2.45) is 5.73 Å². The largest absolute Gasteiger partial charge is 0.369 e. The molecule has 0 fully saturated rings. The second-order valence-corrected chi connectivity index (χ2v) is 8.28. The van der Waals surface area contributed by atoms with Crippen LogP contribution in [0.2, 0.25) is 0 Å². The van der Waals surface area contributed by atoms with Gasteiger partial charge in [0.1, 0.15) is 0 Å². The summed E-state index contributed by atoms with van der Waals surface area (Å²) in [6.45, 7) is 1.76. The molecule has 4 aromatic rings. The predicted molar refractivity (Wildman–Crippen MR) is 104 cm³/mol. The van der Waals surface area contributed by atoms with E-state index in [1.54, 1.807) is 13.1 Å². The number of thiazole rings is 1. The lowest BCUT2D eigenvalue weighted by atomic mass is 10.1. The number of amides is 1. The lowest BCUT2D eigenvalue weighted by molar-refractivity contribution is -0.117. The number of fused-ring (bicyclic) bond motifs is 1. The van der Waals surface area contributed by atoms with Crippen LogP contribution >= 0.6 is 23.1 Å². The highest BCUT2D eigenvalue weighted by Gasteiger charge is 2.16. The van der Waals surface area contributed by atoms with Crippen LogP contribution < -0.4 is 5.73 Å². The first-order valence-corrected chi connectivity index (χ1v) is 9.93. The van der Waals surface area contributed by atoms with Crippen molar-refractivity contribution in [2.45, 2.75) is 22.9 Å². The molecule has 27 heavy (non-hydrogen) atoms. The van der Waals surface area contributed by atoms with Crippen LogP contribution in [0.5, 0.6) is 0 Å². The predicted octanol–water partition coefficient (Wildman–Crippen LogP) is 3.30. The van der Waals surface area contributed by atoms with E-state index in [0.717, 1.165) is 26.5 Å².